The summed E-state index contributed by atoms with van der Waals surface area (Å²) in [4.78, 5) is 0. The molecular formula is C14H22N2O4. The Labute approximate surface area is 119 Å². The second-order valence-electron chi connectivity index (χ2n) is 4.70. The van der Waals surface area contributed by atoms with Crippen LogP contribution in [-0.2, 0) is 4.74 Å². The first-order valence-electron chi connectivity index (χ1n) is 6.63. The molecule has 1 aromatic carbocycles. The molecule has 2 atom stereocenters. The molecule has 2 unspecified atom stereocenters. The van der Waals surface area contributed by atoms with Gasteiger partial charge in [0.1, 0.15) is 0 Å². The molecule has 0 aliphatic carbocycles. The number of rotatable bonds is 7. The number of hydrogen-bond acceptors (Lipinski definition) is 6. The monoisotopic (exact) mass is 282 g/mol. The second kappa shape index (κ2) is 6.78. The fraction of sp³-hybridized carbons (Fsp3) is 0.571. The lowest BCUT2D eigenvalue weighted by molar-refractivity contribution is 0.114. The maximum absolute atomic E-state index is 5.85. The van der Waals surface area contributed by atoms with E-state index < -0.39 is 0 Å². The number of fused-ring (bicyclic) bond motifs is 1. The summed E-state index contributed by atoms with van der Waals surface area (Å²) in [6.45, 7) is 3.41. The Kier molecular flexibility index (Phi) is 5.05. The van der Waals surface area contributed by atoms with Crippen molar-refractivity contribution < 1.29 is 18.9 Å². The largest absolute Gasteiger partial charge is 0.493 e. The number of ether oxygens (including phenoxy) is 4. The van der Waals surface area contributed by atoms with Crippen LogP contribution in [0.1, 0.15) is 18.5 Å². The van der Waals surface area contributed by atoms with Gasteiger partial charge in [-0.15, -0.1) is 0 Å². The zero-order valence-corrected chi connectivity index (χ0v) is 12.1. The highest BCUT2D eigenvalue weighted by atomic mass is 16.7. The molecule has 6 nitrogen and oxygen atoms in total. The zero-order chi connectivity index (χ0) is 14.5. The molecule has 0 amide bonds. The highest BCUT2D eigenvalue weighted by molar-refractivity contribution is 5.55. The number of hydrogen-bond donors (Lipinski definition) is 2. The van der Waals surface area contributed by atoms with Gasteiger partial charge >= 0.3 is 0 Å². The zero-order valence-electron chi connectivity index (χ0n) is 12.1. The average Bonchev–Trinajstić information content (AvgIpc) is 2.95. The van der Waals surface area contributed by atoms with Crippen LogP contribution >= 0.6 is 0 Å². The molecule has 0 bridgehead atoms. The maximum atomic E-state index is 5.85. The first-order valence-corrected chi connectivity index (χ1v) is 6.63. The van der Waals surface area contributed by atoms with E-state index in [2.05, 4.69) is 5.32 Å². The van der Waals surface area contributed by atoms with Crippen LogP contribution in [0.4, 0.5) is 0 Å². The first-order chi connectivity index (χ1) is 9.69. The minimum Gasteiger partial charge on any atom is -0.493 e. The average molecular weight is 282 g/mol. The summed E-state index contributed by atoms with van der Waals surface area (Å²) < 4.78 is 21.4. The highest BCUT2D eigenvalue weighted by Crippen LogP contribution is 2.42. The molecule has 0 saturated heterocycles. The minimum absolute atomic E-state index is 0.0102. The van der Waals surface area contributed by atoms with Gasteiger partial charge in [-0.1, -0.05) is 0 Å². The van der Waals surface area contributed by atoms with Crippen LogP contribution in [0.15, 0.2) is 12.1 Å². The lowest BCUT2D eigenvalue weighted by Gasteiger charge is -2.20. The van der Waals surface area contributed by atoms with Crippen molar-refractivity contribution >= 4 is 0 Å². The Morgan fingerprint density at radius 1 is 1.35 bits per heavy atom. The van der Waals surface area contributed by atoms with Gasteiger partial charge in [0.05, 0.1) is 13.2 Å². The Morgan fingerprint density at radius 3 is 2.80 bits per heavy atom. The molecule has 20 heavy (non-hydrogen) atoms. The second-order valence-corrected chi connectivity index (χ2v) is 4.70. The molecule has 1 heterocycles. The quantitative estimate of drug-likeness (QED) is 0.778. The lowest BCUT2D eigenvalue weighted by atomic mass is 10.1. The van der Waals surface area contributed by atoms with Gasteiger partial charge in [-0.2, -0.15) is 0 Å². The fourth-order valence-electron chi connectivity index (χ4n) is 2.08. The molecule has 0 radical (unpaired) electrons. The lowest BCUT2D eigenvalue weighted by Crippen LogP contribution is -2.34. The Morgan fingerprint density at radius 2 is 2.15 bits per heavy atom. The van der Waals surface area contributed by atoms with E-state index in [-0.39, 0.29) is 18.9 Å². The predicted molar refractivity (Wildman–Crippen MR) is 75.4 cm³/mol. The smallest absolute Gasteiger partial charge is 0.231 e. The van der Waals surface area contributed by atoms with Crippen LogP contribution in [0.5, 0.6) is 17.2 Å². The third-order valence-corrected chi connectivity index (χ3v) is 3.37. The highest BCUT2D eigenvalue weighted by Gasteiger charge is 2.22. The molecule has 0 fully saturated rings. The van der Waals surface area contributed by atoms with Gasteiger partial charge < -0.3 is 30.0 Å². The van der Waals surface area contributed by atoms with Gasteiger partial charge in [0, 0.05) is 26.2 Å². The van der Waals surface area contributed by atoms with Crippen molar-refractivity contribution in [2.24, 2.45) is 5.73 Å². The summed E-state index contributed by atoms with van der Waals surface area (Å²) >= 11 is 0. The maximum Gasteiger partial charge on any atom is 0.231 e. The van der Waals surface area contributed by atoms with Gasteiger partial charge in [-0.25, -0.2) is 0 Å². The Balaban J connectivity index is 2.17. The summed E-state index contributed by atoms with van der Waals surface area (Å²) in [7, 11) is 3.30. The predicted octanol–water partition coefficient (Wildman–Crippen LogP) is 1.05. The van der Waals surface area contributed by atoms with Gasteiger partial charge in [-0.05, 0) is 24.6 Å². The van der Waals surface area contributed by atoms with Crippen molar-refractivity contribution in [1.29, 1.82) is 0 Å². The molecule has 3 N–H and O–H groups in total. The Hall–Kier alpha value is -1.50. The standard InChI is InChI=1S/C14H22N2O4/c1-9(17-2)7-16-11(6-15)10-4-12(18-3)14-13(5-10)19-8-20-14/h4-5,9,11,16H,6-8,15H2,1-3H3. The van der Waals surface area contributed by atoms with Gasteiger partial charge in [0.2, 0.25) is 12.5 Å². The number of nitrogens with one attached hydrogen (secondary N) is 1. The van der Waals surface area contributed by atoms with Gasteiger partial charge in [0.25, 0.3) is 0 Å². The topological polar surface area (TPSA) is 75.0 Å². The van der Waals surface area contributed by atoms with E-state index in [1.54, 1.807) is 14.2 Å². The third kappa shape index (κ3) is 3.15. The summed E-state index contributed by atoms with van der Waals surface area (Å²) in [5.41, 5.74) is 6.86. The van der Waals surface area contributed by atoms with Crippen molar-refractivity contribution in [3.8, 4) is 17.2 Å². The van der Waals surface area contributed by atoms with E-state index in [1.807, 2.05) is 19.1 Å². The molecule has 1 aliphatic rings. The van der Waals surface area contributed by atoms with Crippen LogP contribution in [0.25, 0.3) is 0 Å². The molecule has 0 aromatic heterocycles. The number of methoxy groups -OCH3 is 2. The van der Waals surface area contributed by atoms with Crippen LogP contribution < -0.4 is 25.3 Å². The van der Waals surface area contributed by atoms with Gasteiger partial charge in [-0.3, -0.25) is 0 Å². The molecule has 6 heteroatoms. The molecule has 112 valence electrons. The summed E-state index contributed by atoms with van der Waals surface area (Å²) in [5, 5.41) is 3.38. The summed E-state index contributed by atoms with van der Waals surface area (Å²) in [5.74, 6) is 2.01. The molecule has 0 saturated carbocycles. The van der Waals surface area contributed by atoms with Crippen molar-refractivity contribution in [3.05, 3.63) is 17.7 Å². The minimum atomic E-state index is 0.0102. The SMILES string of the molecule is COc1cc(C(CN)NCC(C)OC)cc2c1OCO2. The van der Waals surface area contributed by atoms with Crippen molar-refractivity contribution in [1.82, 2.24) is 5.32 Å². The van der Waals surface area contributed by atoms with Crippen molar-refractivity contribution in [3.63, 3.8) is 0 Å². The number of nitrogens with two attached hydrogens (primary N) is 1. The van der Waals surface area contributed by atoms with E-state index in [0.29, 0.717) is 23.8 Å². The van der Waals surface area contributed by atoms with Crippen molar-refractivity contribution in [2.45, 2.75) is 19.1 Å². The molecule has 0 spiro atoms. The van der Waals surface area contributed by atoms with E-state index in [4.69, 9.17) is 24.7 Å². The fourth-order valence-corrected chi connectivity index (χ4v) is 2.08. The normalized spacial score (nSPS) is 16.0. The Bertz CT molecular complexity index is 453. The van der Waals surface area contributed by atoms with E-state index in [1.165, 1.54) is 0 Å². The van der Waals surface area contributed by atoms with E-state index >= 15 is 0 Å². The van der Waals surface area contributed by atoms with E-state index in [9.17, 15) is 0 Å². The van der Waals surface area contributed by atoms with Crippen LogP contribution in [0, 0.1) is 0 Å². The van der Waals surface area contributed by atoms with Crippen LogP contribution in [0.2, 0.25) is 0 Å². The summed E-state index contributed by atoms with van der Waals surface area (Å²) in [6.07, 6.45) is 0.125. The van der Waals surface area contributed by atoms with Gasteiger partial charge in [0.15, 0.2) is 11.5 Å². The molecule has 1 aliphatic heterocycles. The first kappa shape index (κ1) is 14.9. The van der Waals surface area contributed by atoms with Crippen LogP contribution in [0.3, 0.4) is 0 Å². The van der Waals surface area contributed by atoms with Crippen molar-refractivity contribution in [2.75, 3.05) is 34.1 Å². The third-order valence-electron chi connectivity index (χ3n) is 3.37. The number of benzene rings is 1. The molecule has 2 rings (SSSR count). The summed E-state index contributed by atoms with van der Waals surface area (Å²) in [6, 6.07) is 3.87. The molecule has 1 aromatic rings. The molecular weight excluding hydrogens is 260 g/mol. The van der Waals surface area contributed by atoms with E-state index in [0.717, 1.165) is 12.1 Å². The van der Waals surface area contributed by atoms with Crippen LogP contribution in [-0.4, -0.2) is 40.2 Å².